The number of aliphatic hydroxyl groups is 1. The van der Waals surface area contributed by atoms with Crippen LogP contribution in [0.4, 0.5) is 0 Å². The molecule has 0 fully saturated rings. The van der Waals surface area contributed by atoms with Crippen molar-refractivity contribution in [2.45, 2.75) is 19.1 Å². The molecule has 0 bridgehead atoms. The molecule has 0 radical (unpaired) electrons. The highest BCUT2D eigenvalue weighted by Gasteiger charge is 2.08. The molecule has 0 unspecified atom stereocenters. The molecule has 0 amide bonds. The third-order valence-corrected chi connectivity index (χ3v) is 5.70. The number of benzene rings is 3. The zero-order valence-electron chi connectivity index (χ0n) is 19.9. The molecule has 0 aromatic heterocycles. The van der Waals surface area contributed by atoms with Crippen molar-refractivity contribution >= 4 is 7.14 Å². The first-order chi connectivity index (χ1) is 16.4. The van der Waals surface area contributed by atoms with E-state index in [2.05, 4.69) is 5.32 Å². The quantitative estimate of drug-likeness (QED) is 0.254. The molecule has 3 rings (SSSR count). The fourth-order valence-corrected chi connectivity index (χ4v) is 3.57. The number of nitrogens with one attached hydrogen (secondary N) is 1. The van der Waals surface area contributed by atoms with E-state index in [4.69, 9.17) is 14.2 Å². The fourth-order valence-electron chi connectivity index (χ4n) is 3.11. The topological polar surface area (TPSA) is 77.0 Å². The number of hydrogen-bond donors (Lipinski definition) is 2. The maximum absolute atomic E-state index is 11.7. The Balaban J connectivity index is 1.28. The molecule has 6 nitrogen and oxygen atoms in total. The summed E-state index contributed by atoms with van der Waals surface area (Å²) >= 11 is 0. The summed E-state index contributed by atoms with van der Waals surface area (Å²) in [6, 6.07) is 25.2. The summed E-state index contributed by atoms with van der Waals surface area (Å²) in [5, 5.41) is 13.4. The third-order valence-electron chi connectivity index (χ3n) is 4.95. The van der Waals surface area contributed by atoms with E-state index in [9.17, 15) is 9.67 Å². The summed E-state index contributed by atoms with van der Waals surface area (Å²) in [6.07, 6.45) is 0.474. The van der Waals surface area contributed by atoms with Gasteiger partial charge in [0.15, 0.2) is 0 Å². The Labute approximate surface area is 202 Å². The molecule has 0 spiro atoms. The van der Waals surface area contributed by atoms with E-state index in [0.29, 0.717) is 18.9 Å². The van der Waals surface area contributed by atoms with Crippen LogP contribution in [0.3, 0.4) is 0 Å². The van der Waals surface area contributed by atoms with Crippen molar-refractivity contribution in [1.29, 1.82) is 0 Å². The number of hydrogen-bond acceptors (Lipinski definition) is 6. The van der Waals surface area contributed by atoms with Crippen molar-refractivity contribution in [1.82, 2.24) is 5.32 Å². The van der Waals surface area contributed by atoms with Crippen LogP contribution in [0.25, 0.3) is 0 Å². The van der Waals surface area contributed by atoms with E-state index in [1.807, 2.05) is 78.9 Å². The van der Waals surface area contributed by atoms with Crippen LogP contribution in [-0.4, -0.2) is 50.6 Å². The van der Waals surface area contributed by atoms with E-state index in [1.54, 1.807) is 13.3 Å². The molecule has 0 heterocycles. The highest BCUT2D eigenvalue weighted by Crippen LogP contribution is 2.35. The molecule has 0 aliphatic heterocycles. The van der Waals surface area contributed by atoms with Crippen molar-refractivity contribution in [3.05, 3.63) is 90.0 Å². The molecule has 0 aliphatic rings. The average molecular weight is 484 g/mol. The van der Waals surface area contributed by atoms with Crippen LogP contribution in [-0.2, 0) is 17.6 Å². The fraction of sp³-hybridized carbons (Fsp3) is 0.333. The summed E-state index contributed by atoms with van der Waals surface area (Å²) in [6.45, 7) is 5.34. The zero-order chi connectivity index (χ0) is 24.2. The average Bonchev–Trinajstić information content (AvgIpc) is 2.84. The van der Waals surface area contributed by atoms with Gasteiger partial charge in [-0.2, -0.15) is 0 Å². The molecule has 0 aliphatic carbocycles. The van der Waals surface area contributed by atoms with Crippen molar-refractivity contribution in [3.63, 3.8) is 0 Å². The Hall–Kier alpha value is -2.79. The largest absolute Gasteiger partial charge is 0.491 e. The number of aliphatic hydroxyl groups excluding tert-OH is 1. The van der Waals surface area contributed by atoms with Gasteiger partial charge in [0.1, 0.15) is 50.1 Å². The van der Waals surface area contributed by atoms with Crippen molar-refractivity contribution in [2.24, 2.45) is 0 Å². The van der Waals surface area contributed by atoms with Gasteiger partial charge in [-0.25, -0.2) is 0 Å². The predicted octanol–water partition coefficient (Wildman–Crippen LogP) is 4.80. The molecule has 0 saturated heterocycles. The van der Waals surface area contributed by atoms with Crippen LogP contribution in [0.5, 0.6) is 17.2 Å². The van der Waals surface area contributed by atoms with Gasteiger partial charge < -0.3 is 29.2 Å². The lowest BCUT2D eigenvalue weighted by Crippen LogP contribution is -2.32. The Kier molecular flexibility index (Phi) is 10.0. The number of ether oxygens (including phenoxy) is 3. The van der Waals surface area contributed by atoms with E-state index >= 15 is 0 Å². The molecule has 2 N–H and O–H groups in total. The van der Waals surface area contributed by atoms with E-state index in [1.165, 1.54) is 0 Å². The first-order valence-corrected chi connectivity index (χ1v) is 14.2. The summed E-state index contributed by atoms with van der Waals surface area (Å²) in [7, 11) is -2.19. The highest BCUT2D eigenvalue weighted by molar-refractivity contribution is 7.62. The third kappa shape index (κ3) is 10.0. The minimum absolute atomic E-state index is 0.210. The van der Waals surface area contributed by atoms with Gasteiger partial charge in [0.05, 0.1) is 0 Å². The summed E-state index contributed by atoms with van der Waals surface area (Å²) in [5.41, 5.74) is 2.28. The van der Waals surface area contributed by atoms with E-state index in [-0.39, 0.29) is 13.0 Å². The van der Waals surface area contributed by atoms with E-state index in [0.717, 1.165) is 35.6 Å². The Morgan fingerprint density at radius 2 is 1.38 bits per heavy atom. The zero-order valence-corrected chi connectivity index (χ0v) is 20.7. The van der Waals surface area contributed by atoms with Crippen LogP contribution in [0.1, 0.15) is 11.1 Å². The molecule has 182 valence electrons. The number of rotatable bonds is 14. The van der Waals surface area contributed by atoms with Gasteiger partial charge in [-0.1, -0.05) is 42.5 Å². The van der Waals surface area contributed by atoms with Gasteiger partial charge in [-0.05, 0) is 73.8 Å². The normalized spacial score (nSPS) is 12.2. The van der Waals surface area contributed by atoms with Gasteiger partial charge in [0.25, 0.3) is 0 Å². The summed E-state index contributed by atoms with van der Waals surface area (Å²) in [5.74, 6) is 2.19. The second-order valence-corrected chi connectivity index (χ2v) is 12.1. The smallest absolute Gasteiger partial charge is 0.140 e. The Morgan fingerprint density at radius 1 is 0.794 bits per heavy atom. The summed E-state index contributed by atoms with van der Waals surface area (Å²) < 4.78 is 28.7. The van der Waals surface area contributed by atoms with E-state index < -0.39 is 13.2 Å². The molecule has 3 aromatic rings. The molecule has 1 atom stereocenters. The second-order valence-electron chi connectivity index (χ2n) is 8.66. The maximum Gasteiger partial charge on any atom is 0.140 e. The standard InChI is InChI=1S/C27H34NO5P/c1-34(2,30)21-33-27-10-8-22(9-11-27)16-17-28-18-24(29)20-32-26-14-12-25(13-15-26)31-19-23-6-4-3-5-7-23/h3-15,24,28-29H,16-21H2,1-2H3/t24-/m0/s1. The molecule has 34 heavy (non-hydrogen) atoms. The SMILES string of the molecule is CP(C)(=O)COc1ccc(CCNC[C@H](O)COc2ccc(OCc3ccccc3)cc2)cc1. The van der Waals surface area contributed by atoms with Crippen LogP contribution >= 0.6 is 7.14 Å². The van der Waals surface area contributed by atoms with Crippen LogP contribution in [0, 0.1) is 0 Å². The Bertz CT molecular complexity index is 1020. The van der Waals surface area contributed by atoms with Crippen LogP contribution in [0.15, 0.2) is 78.9 Å². The summed E-state index contributed by atoms with van der Waals surface area (Å²) in [4.78, 5) is 0. The van der Waals surface area contributed by atoms with Gasteiger partial charge in [0.2, 0.25) is 0 Å². The lowest BCUT2D eigenvalue weighted by molar-refractivity contribution is 0.106. The van der Waals surface area contributed by atoms with Gasteiger partial charge >= 0.3 is 0 Å². The lowest BCUT2D eigenvalue weighted by atomic mass is 10.1. The molecule has 0 saturated carbocycles. The maximum atomic E-state index is 11.7. The first-order valence-electron chi connectivity index (χ1n) is 11.4. The van der Waals surface area contributed by atoms with Gasteiger partial charge in [-0.15, -0.1) is 0 Å². The molecular formula is C27H34NO5P. The molecule has 7 heteroatoms. The minimum atomic E-state index is -2.19. The monoisotopic (exact) mass is 483 g/mol. The highest BCUT2D eigenvalue weighted by atomic mass is 31.2. The van der Waals surface area contributed by atoms with Crippen LogP contribution < -0.4 is 19.5 Å². The lowest BCUT2D eigenvalue weighted by Gasteiger charge is -2.14. The van der Waals surface area contributed by atoms with Crippen molar-refractivity contribution in [3.8, 4) is 17.2 Å². The second kappa shape index (κ2) is 13.2. The van der Waals surface area contributed by atoms with Crippen molar-refractivity contribution in [2.75, 3.05) is 39.4 Å². The first kappa shape index (κ1) is 25.8. The molecular weight excluding hydrogens is 449 g/mol. The minimum Gasteiger partial charge on any atom is -0.491 e. The molecule has 3 aromatic carbocycles. The van der Waals surface area contributed by atoms with Gasteiger partial charge in [-0.3, -0.25) is 0 Å². The van der Waals surface area contributed by atoms with Crippen LogP contribution in [0.2, 0.25) is 0 Å². The van der Waals surface area contributed by atoms with Gasteiger partial charge in [0, 0.05) is 6.54 Å². The van der Waals surface area contributed by atoms with Crippen molar-refractivity contribution < 1.29 is 23.9 Å². The Morgan fingerprint density at radius 3 is 2.03 bits per heavy atom. The predicted molar refractivity (Wildman–Crippen MR) is 137 cm³/mol.